The number of aryl methyl sites for hydroxylation is 6. The second-order valence-electron chi connectivity index (χ2n) is 27.3. The summed E-state index contributed by atoms with van der Waals surface area (Å²) in [6.45, 7) is 15.2. The minimum absolute atomic E-state index is 0.00887. The summed E-state index contributed by atoms with van der Waals surface area (Å²) in [4.78, 5) is 92.9. The van der Waals surface area contributed by atoms with Crippen molar-refractivity contribution in [3.05, 3.63) is 128 Å². The lowest BCUT2D eigenvalue weighted by Crippen LogP contribution is -2.37. The van der Waals surface area contributed by atoms with Crippen molar-refractivity contribution in [3.63, 3.8) is 0 Å². The van der Waals surface area contributed by atoms with E-state index in [9.17, 15) is 19.2 Å². The molecular weight excluding hydrogens is 1600 g/mol. The smallest absolute Gasteiger partial charge is 0.409 e. The summed E-state index contributed by atoms with van der Waals surface area (Å²) in [5.74, 6) is 17.2. The molecule has 10 rings (SSSR count). The van der Waals surface area contributed by atoms with Crippen LogP contribution in [-0.4, -0.2) is 220 Å². The van der Waals surface area contributed by atoms with Gasteiger partial charge in [-0.3, -0.25) is 19.6 Å². The average molecular weight is 1700 g/mol. The maximum absolute atomic E-state index is 12.9. The van der Waals surface area contributed by atoms with Crippen molar-refractivity contribution in [3.8, 4) is 35.2 Å². The summed E-state index contributed by atoms with van der Waals surface area (Å²) in [5.41, 5.74) is 25.5. The van der Waals surface area contributed by atoms with Gasteiger partial charge in [0, 0.05) is 202 Å². The van der Waals surface area contributed by atoms with Gasteiger partial charge >= 0.3 is 18.2 Å². The number of fused-ring (bicyclic) bond motifs is 4. The number of alkyl halides is 4. The van der Waals surface area contributed by atoms with Gasteiger partial charge in [0.15, 0.2) is 0 Å². The number of amides is 3. The zero-order chi connectivity index (χ0) is 83.6. The van der Waals surface area contributed by atoms with Gasteiger partial charge in [0.2, 0.25) is 17.8 Å². The van der Waals surface area contributed by atoms with E-state index in [1.165, 1.54) is 4.90 Å². The highest BCUT2D eigenvalue weighted by Gasteiger charge is 2.23. The number of ether oxygens (including phenoxy) is 4. The number of rotatable bonds is 34. The molecular formula is C81H101Cl6N19O9. The molecule has 0 aliphatic rings. The molecule has 3 amide bonds. The van der Waals surface area contributed by atoms with E-state index in [0.29, 0.717) is 141 Å². The molecule has 0 aliphatic heterocycles. The van der Waals surface area contributed by atoms with E-state index in [1.54, 1.807) is 57.6 Å². The number of carbonyl (C=O) groups excluding carboxylic acids is 3. The van der Waals surface area contributed by atoms with Gasteiger partial charge in [-0.2, -0.15) is 9.97 Å². The molecule has 0 saturated heterocycles. The fraction of sp³-hybridized carbons (Fsp3) is 0.457. The van der Waals surface area contributed by atoms with E-state index in [-0.39, 0.29) is 60.3 Å². The van der Waals surface area contributed by atoms with Crippen LogP contribution in [0.15, 0.2) is 61.2 Å². The first-order valence-corrected chi connectivity index (χ1v) is 40.5. The Labute approximate surface area is 701 Å². The monoisotopic (exact) mass is 1690 g/mol. The molecule has 5 N–H and O–H groups in total. The molecule has 8 heterocycles. The number of carboxylic acids is 1. The molecule has 0 atom stereocenters. The van der Waals surface area contributed by atoms with E-state index in [1.807, 2.05) is 86.1 Å². The van der Waals surface area contributed by atoms with E-state index in [4.69, 9.17) is 110 Å². The Kier molecular flexibility index (Phi) is 34.9. The highest BCUT2D eigenvalue weighted by Crippen LogP contribution is 2.33. The van der Waals surface area contributed by atoms with Crippen LogP contribution in [-0.2, 0) is 59.1 Å². The van der Waals surface area contributed by atoms with Gasteiger partial charge in [0.25, 0.3) is 0 Å². The van der Waals surface area contributed by atoms with Crippen molar-refractivity contribution in [1.29, 1.82) is 0 Å². The molecule has 0 spiro atoms. The summed E-state index contributed by atoms with van der Waals surface area (Å²) in [5, 5.41) is 10.3. The number of anilines is 4. The maximum atomic E-state index is 12.9. The molecule has 616 valence electrons. The average Bonchev–Trinajstić information content (AvgIpc) is 1.64. The number of nitrogens with two attached hydrogens (primary N) is 2. The number of benzene rings is 2. The van der Waals surface area contributed by atoms with Crippen LogP contribution in [0, 0.1) is 51.4 Å². The first-order valence-electron chi connectivity index (χ1n) is 37.6. The second-order valence-corrected chi connectivity index (χ2v) is 29.5. The molecule has 0 saturated carbocycles. The predicted molar refractivity (Wildman–Crippen MR) is 458 cm³/mol. The molecule has 28 nitrogen and oxygen atoms in total. The number of imidazole rings is 2. The lowest BCUT2D eigenvalue weighted by molar-refractivity contribution is -0.137. The summed E-state index contributed by atoms with van der Waals surface area (Å²) in [6.07, 6.45) is 12.1. The largest absolute Gasteiger partial charge is 0.496 e. The topological polar surface area (TPSA) is 317 Å². The number of nitrogen functional groups attached to an aromatic ring is 2. The molecule has 115 heavy (non-hydrogen) atoms. The highest BCUT2D eigenvalue weighted by atomic mass is 35.5. The van der Waals surface area contributed by atoms with Crippen molar-refractivity contribution >= 4 is 161 Å². The zero-order valence-corrected chi connectivity index (χ0v) is 71.7. The molecule has 0 fully saturated rings. The summed E-state index contributed by atoms with van der Waals surface area (Å²) < 4.78 is 29.7. The SMILES string of the molecule is CCCCN(C)C(=O)OCCC#Cc1cn(Cc2ncc(C)c(OC)c2C)c2nc(N)nc(Cl)c12.COc1c(C)cnc(Cn2cc(C#CCCOC(=O)N(C)CCN(C)C(=O)CCCc3nc4cc(N(CCCl)CCCl)ccc4n3C)c3c(Cl)nc(N)nc32)c1C.Cn1c(CCCC(=O)O)nc2cc(N(CCCl)CCCl)ccc21. The minimum atomic E-state index is -0.774. The van der Waals surface area contributed by atoms with Crippen LogP contribution in [0.4, 0.5) is 32.9 Å². The number of halogens is 6. The van der Waals surface area contributed by atoms with Crippen molar-refractivity contribution in [1.82, 2.24) is 72.8 Å². The van der Waals surface area contributed by atoms with E-state index >= 15 is 0 Å². The quantitative estimate of drug-likeness (QED) is 0.0146. The molecule has 0 radical (unpaired) electrons. The number of hydrogen-bond acceptors (Lipinski definition) is 20. The Hall–Kier alpha value is -9.94. The number of carboxylic acid groups (broad SMARTS) is 1. The second kappa shape index (κ2) is 44.2. The fourth-order valence-corrected chi connectivity index (χ4v) is 14.3. The third-order valence-electron chi connectivity index (χ3n) is 19.2. The van der Waals surface area contributed by atoms with Gasteiger partial charge < -0.3 is 78.3 Å². The number of aliphatic carboxylic acids is 1. The summed E-state index contributed by atoms with van der Waals surface area (Å²) in [7, 11) is 12.3. The minimum Gasteiger partial charge on any atom is -0.496 e. The molecule has 34 heteroatoms. The highest BCUT2D eigenvalue weighted by molar-refractivity contribution is 6.35. The van der Waals surface area contributed by atoms with Crippen LogP contribution in [0.5, 0.6) is 11.5 Å². The zero-order valence-electron chi connectivity index (χ0n) is 67.2. The van der Waals surface area contributed by atoms with E-state index in [0.717, 1.165) is 116 Å². The Morgan fingerprint density at radius 1 is 0.548 bits per heavy atom. The predicted octanol–water partition coefficient (Wildman–Crippen LogP) is 13.8. The Morgan fingerprint density at radius 2 is 0.957 bits per heavy atom. The number of aromatic nitrogens is 12. The lowest BCUT2D eigenvalue weighted by Gasteiger charge is -2.22. The van der Waals surface area contributed by atoms with E-state index in [2.05, 4.69) is 98.1 Å². The van der Waals surface area contributed by atoms with Crippen molar-refractivity contribution in [2.75, 3.05) is 139 Å². The maximum Gasteiger partial charge on any atom is 0.409 e. The Morgan fingerprint density at radius 3 is 1.36 bits per heavy atom. The molecule has 8 aromatic heterocycles. The Balaban J connectivity index is 0.000000241. The Bertz CT molecular complexity index is 5150. The molecule has 0 unspecified atom stereocenters. The normalized spacial score (nSPS) is 11.0. The van der Waals surface area contributed by atoms with Crippen molar-refractivity contribution < 1.29 is 43.2 Å². The van der Waals surface area contributed by atoms with Crippen LogP contribution < -0.4 is 30.7 Å². The summed E-state index contributed by atoms with van der Waals surface area (Å²) >= 11 is 36.6. The van der Waals surface area contributed by atoms with E-state index < -0.39 is 12.1 Å². The number of carbonyl (C=O) groups is 4. The molecule has 10 aromatic rings. The molecule has 2 aromatic carbocycles. The number of methoxy groups -OCH3 is 2. The fourth-order valence-electron chi connectivity index (χ4n) is 12.9. The van der Waals surface area contributed by atoms with Gasteiger partial charge in [0.1, 0.15) is 58.0 Å². The molecule has 0 aliphatic carbocycles. The third kappa shape index (κ3) is 24.3. The van der Waals surface area contributed by atoms with Crippen LogP contribution in [0.2, 0.25) is 10.3 Å². The lowest BCUT2D eigenvalue weighted by atomic mass is 10.1. The van der Waals surface area contributed by atoms with Gasteiger partial charge in [-0.25, -0.2) is 29.5 Å². The van der Waals surface area contributed by atoms with Crippen molar-refractivity contribution in [2.24, 2.45) is 14.1 Å². The van der Waals surface area contributed by atoms with Crippen molar-refractivity contribution in [2.45, 2.75) is 112 Å². The van der Waals surface area contributed by atoms with Gasteiger partial charge in [-0.15, -0.1) is 46.4 Å². The number of likely N-dealkylation sites (N-methyl/N-ethyl adjacent to an activating group) is 2. The number of pyridine rings is 2. The van der Waals surface area contributed by atoms with Gasteiger partial charge in [-0.05, 0) is 83.4 Å². The van der Waals surface area contributed by atoms with Crippen LogP contribution in [0.3, 0.4) is 0 Å². The van der Waals surface area contributed by atoms with Gasteiger partial charge in [0.05, 0.1) is 82.7 Å². The van der Waals surface area contributed by atoms with Gasteiger partial charge in [-0.1, -0.05) is 60.2 Å². The third-order valence-corrected chi connectivity index (χ3v) is 20.4. The van der Waals surface area contributed by atoms with Crippen LogP contribution in [0.1, 0.15) is 115 Å². The number of nitrogens with zero attached hydrogens (tertiary/aromatic N) is 17. The summed E-state index contributed by atoms with van der Waals surface area (Å²) in [6, 6.07) is 12.3. The van der Waals surface area contributed by atoms with Crippen LogP contribution in [0.25, 0.3) is 44.1 Å². The first kappa shape index (κ1) is 90.6. The van der Waals surface area contributed by atoms with Crippen LogP contribution >= 0.6 is 69.6 Å². The number of hydrogen-bond donors (Lipinski definition) is 3. The number of unbranched alkanes of at least 4 members (excludes halogenated alkanes) is 1. The first-order chi connectivity index (χ1) is 55.2. The standard InChI is InChI=1S/C40H49Cl3N10O4.C25H31ClN6O3.C16H21Cl2N3O2/c1-26-23-45-31(27(2)36(26)56-6)25-53-24-28(35-37(43)47-39(44)48-38(35)53)10-7-8-21-57-40(55)50(4)20-19-49(3)34(54)12-9-11-33-46-30-22-29(13-14-32(30)51(33)5)52(17-15-41)18-16-42;1-6-7-11-31(4)25(33)35-12-9-8-10-18-14-32(23-20(18)22(26)29-24(27)30-23)15-19-17(3)21(34-5)16(2)13-28-19;1-20-14-6-5-12(21(9-7-17)10-8-18)11-13(14)19-15(20)3-2-4-16(22)23/h13-14,22-24H,8-9,11-12,15-21,25H2,1-6H3,(H2,44,47,48);13-14H,6-7,9,11-12,15H2,1-5H3,(H2,27,29,30);5-6,11H,2-4,7-10H2,1H3,(H,22,23). The molecule has 0 bridgehead atoms.